The van der Waals surface area contributed by atoms with E-state index >= 15 is 0 Å². The van der Waals surface area contributed by atoms with Crippen LogP contribution in [0.4, 0.5) is 5.82 Å². The summed E-state index contributed by atoms with van der Waals surface area (Å²) in [6.07, 6.45) is 1.37. The molecule has 0 aliphatic heterocycles. The van der Waals surface area contributed by atoms with Crippen molar-refractivity contribution in [2.75, 3.05) is 11.9 Å². The zero-order valence-electron chi connectivity index (χ0n) is 11.9. The maximum atomic E-state index is 12.4. The van der Waals surface area contributed by atoms with Crippen LogP contribution < -0.4 is 5.32 Å². The number of carbonyl (C=O) groups is 2. The normalized spacial score (nSPS) is 10.4. The summed E-state index contributed by atoms with van der Waals surface area (Å²) in [5.41, 5.74) is 0.556. The van der Waals surface area contributed by atoms with Crippen molar-refractivity contribution >= 4 is 17.6 Å². The lowest BCUT2D eigenvalue weighted by atomic mass is 10.1. The van der Waals surface area contributed by atoms with Crippen LogP contribution in [0.25, 0.3) is 0 Å². The molecule has 0 bridgehead atoms. The van der Waals surface area contributed by atoms with Gasteiger partial charge in [0.15, 0.2) is 5.82 Å². The Morgan fingerprint density at radius 3 is 2.52 bits per heavy atom. The molecule has 2 aromatic rings. The molecule has 0 radical (unpaired) electrons. The van der Waals surface area contributed by atoms with Crippen molar-refractivity contribution in [1.82, 2.24) is 10.1 Å². The molecule has 1 heterocycles. The first-order chi connectivity index (χ1) is 10.1. The maximum absolute atomic E-state index is 12.4. The number of anilines is 1. The third-order valence-electron chi connectivity index (χ3n) is 2.92. The van der Waals surface area contributed by atoms with Gasteiger partial charge < -0.3 is 14.7 Å². The first kappa shape index (κ1) is 14.8. The third kappa shape index (κ3) is 3.92. The van der Waals surface area contributed by atoms with E-state index in [1.165, 1.54) is 17.2 Å². The predicted molar refractivity (Wildman–Crippen MR) is 77.7 cm³/mol. The van der Waals surface area contributed by atoms with E-state index in [9.17, 15) is 9.59 Å². The van der Waals surface area contributed by atoms with Crippen LogP contribution in [0.1, 0.15) is 24.2 Å². The predicted octanol–water partition coefficient (Wildman–Crippen LogP) is 2.16. The lowest BCUT2D eigenvalue weighted by molar-refractivity contribution is -0.117. The standard InChI is InChI=1S/C15H17N3O3/c1-11(2)18(15(20)12-6-4-3-5-7-12)10-14(19)16-13-8-9-21-17-13/h3-9,11H,10H2,1-2H3,(H,16,17,19). The monoisotopic (exact) mass is 287 g/mol. The van der Waals surface area contributed by atoms with Gasteiger partial charge in [-0.2, -0.15) is 0 Å². The first-order valence-corrected chi connectivity index (χ1v) is 6.64. The van der Waals surface area contributed by atoms with Crippen molar-refractivity contribution in [3.8, 4) is 0 Å². The zero-order chi connectivity index (χ0) is 15.2. The molecule has 0 saturated carbocycles. The molecule has 110 valence electrons. The first-order valence-electron chi connectivity index (χ1n) is 6.64. The molecule has 0 unspecified atom stereocenters. The van der Waals surface area contributed by atoms with Gasteiger partial charge in [0.1, 0.15) is 12.8 Å². The Labute approximate surface area is 122 Å². The SMILES string of the molecule is CC(C)N(CC(=O)Nc1ccon1)C(=O)c1ccccc1. The highest BCUT2D eigenvalue weighted by Crippen LogP contribution is 2.09. The number of carbonyl (C=O) groups excluding carboxylic acids is 2. The van der Waals surface area contributed by atoms with E-state index in [2.05, 4.69) is 15.0 Å². The lowest BCUT2D eigenvalue weighted by Gasteiger charge is -2.26. The van der Waals surface area contributed by atoms with E-state index in [0.717, 1.165) is 0 Å². The van der Waals surface area contributed by atoms with Gasteiger partial charge in [-0.15, -0.1) is 0 Å². The summed E-state index contributed by atoms with van der Waals surface area (Å²) in [7, 11) is 0. The van der Waals surface area contributed by atoms with E-state index in [0.29, 0.717) is 11.4 Å². The van der Waals surface area contributed by atoms with E-state index in [1.54, 1.807) is 24.3 Å². The van der Waals surface area contributed by atoms with Crippen LogP contribution in [-0.4, -0.2) is 34.5 Å². The minimum atomic E-state index is -0.318. The average Bonchev–Trinajstić information content (AvgIpc) is 2.97. The molecular weight excluding hydrogens is 270 g/mol. The number of nitrogens with one attached hydrogen (secondary N) is 1. The fraction of sp³-hybridized carbons (Fsp3) is 0.267. The Balaban J connectivity index is 2.05. The van der Waals surface area contributed by atoms with Crippen LogP contribution in [0.2, 0.25) is 0 Å². The molecule has 1 N–H and O–H groups in total. The summed E-state index contributed by atoms with van der Waals surface area (Å²) in [5.74, 6) is -0.168. The smallest absolute Gasteiger partial charge is 0.254 e. The Bertz CT molecular complexity index is 594. The van der Waals surface area contributed by atoms with Crippen LogP contribution in [0.5, 0.6) is 0 Å². The van der Waals surface area contributed by atoms with E-state index < -0.39 is 0 Å². The number of rotatable bonds is 5. The van der Waals surface area contributed by atoms with Crippen molar-refractivity contribution < 1.29 is 14.1 Å². The van der Waals surface area contributed by atoms with Crippen LogP contribution in [0, 0.1) is 0 Å². The van der Waals surface area contributed by atoms with Crippen molar-refractivity contribution in [2.45, 2.75) is 19.9 Å². The fourth-order valence-electron chi connectivity index (χ4n) is 1.85. The molecule has 2 amide bonds. The molecule has 0 spiro atoms. The molecule has 0 atom stereocenters. The molecular formula is C15H17N3O3. The van der Waals surface area contributed by atoms with Crippen molar-refractivity contribution in [3.05, 3.63) is 48.2 Å². The minimum Gasteiger partial charge on any atom is -0.363 e. The number of benzene rings is 1. The molecule has 1 aromatic heterocycles. The highest BCUT2D eigenvalue weighted by atomic mass is 16.5. The highest BCUT2D eigenvalue weighted by molar-refractivity contribution is 5.99. The Kier molecular flexibility index (Phi) is 4.71. The van der Waals surface area contributed by atoms with Gasteiger partial charge in [0, 0.05) is 17.7 Å². The van der Waals surface area contributed by atoms with Gasteiger partial charge in [-0.25, -0.2) is 0 Å². The van der Waals surface area contributed by atoms with Gasteiger partial charge in [-0.3, -0.25) is 9.59 Å². The summed E-state index contributed by atoms with van der Waals surface area (Å²) in [5, 5.41) is 6.18. The number of amides is 2. The average molecular weight is 287 g/mol. The number of nitrogens with zero attached hydrogens (tertiary/aromatic N) is 2. The van der Waals surface area contributed by atoms with Gasteiger partial charge in [-0.05, 0) is 26.0 Å². The summed E-state index contributed by atoms with van der Waals surface area (Å²) in [6, 6.07) is 10.3. The minimum absolute atomic E-state index is 0.0434. The van der Waals surface area contributed by atoms with Crippen LogP contribution >= 0.6 is 0 Å². The van der Waals surface area contributed by atoms with Gasteiger partial charge >= 0.3 is 0 Å². The Morgan fingerprint density at radius 1 is 1.24 bits per heavy atom. The third-order valence-corrected chi connectivity index (χ3v) is 2.92. The van der Waals surface area contributed by atoms with Crippen LogP contribution in [0.15, 0.2) is 47.2 Å². The second-order valence-corrected chi connectivity index (χ2v) is 4.83. The summed E-state index contributed by atoms with van der Waals surface area (Å²) in [6.45, 7) is 3.69. The van der Waals surface area contributed by atoms with Gasteiger partial charge in [-0.1, -0.05) is 23.4 Å². The molecule has 2 rings (SSSR count). The molecule has 6 nitrogen and oxygen atoms in total. The zero-order valence-corrected chi connectivity index (χ0v) is 11.9. The Hall–Kier alpha value is -2.63. The molecule has 0 aliphatic carbocycles. The van der Waals surface area contributed by atoms with Crippen LogP contribution in [-0.2, 0) is 4.79 Å². The second-order valence-electron chi connectivity index (χ2n) is 4.83. The van der Waals surface area contributed by atoms with Gasteiger partial charge in [0.25, 0.3) is 5.91 Å². The van der Waals surface area contributed by atoms with Crippen LogP contribution in [0.3, 0.4) is 0 Å². The molecule has 0 aliphatic rings. The summed E-state index contributed by atoms with van der Waals surface area (Å²) < 4.78 is 4.64. The van der Waals surface area contributed by atoms with E-state index in [-0.39, 0.29) is 24.4 Å². The topological polar surface area (TPSA) is 75.4 Å². The number of hydrogen-bond donors (Lipinski definition) is 1. The largest absolute Gasteiger partial charge is 0.363 e. The lowest BCUT2D eigenvalue weighted by Crippen LogP contribution is -2.42. The molecule has 6 heteroatoms. The molecule has 0 fully saturated rings. The maximum Gasteiger partial charge on any atom is 0.254 e. The summed E-state index contributed by atoms with van der Waals surface area (Å²) >= 11 is 0. The Morgan fingerprint density at radius 2 is 1.95 bits per heavy atom. The van der Waals surface area contributed by atoms with Crippen molar-refractivity contribution in [1.29, 1.82) is 0 Å². The number of hydrogen-bond acceptors (Lipinski definition) is 4. The molecule has 1 aromatic carbocycles. The summed E-state index contributed by atoms with van der Waals surface area (Å²) in [4.78, 5) is 25.9. The highest BCUT2D eigenvalue weighted by Gasteiger charge is 2.21. The number of aromatic nitrogens is 1. The second kappa shape index (κ2) is 6.69. The van der Waals surface area contributed by atoms with Crippen molar-refractivity contribution in [3.63, 3.8) is 0 Å². The van der Waals surface area contributed by atoms with E-state index in [1.807, 2.05) is 19.9 Å². The molecule has 21 heavy (non-hydrogen) atoms. The molecule has 0 saturated heterocycles. The van der Waals surface area contributed by atoms with Gasteiger partial charge in [0.2, 0.25) is 5.91 Å². The van der Waals surface area contributed by atoms with Crippen molar-refractivity contribution in [2.24, 2.45) is 0 Å². The van der Waals surface area contributed by atoms with E-state index in [4.69, 9.17) is 0 Å². The van der Waals surface area contributed by atoms with Gasteiger partial charge in [0.05, 0.1) is 0 Å². The quantitative estimate of drug-likeness (QED) is 0.914. The fourth-order valence-corrected chi connectivity index (χ4v) is 1.85.